The van der Waals surface area contributed by atoms with Crippen LogP contribution in [-0.2, 0) is 4.79 Å². The van der Waals surface area contributed by atoms with Gasteiger partial charge in [-0.3, -0.25) is 9.69 Å². The van der Waals surface area contributed by atoms with E-state index >= 15 is 0 Å². The normalized spacial score (nSPS) is 17.0. The van der Waals surface area contributed by atoms with Crippen LogP contribution in [0.4, 0.5) is 5.69 Å². The van der Waals surface area contributed by atoms with Crippen molar-refractivity contribution >= 4 is 80.5 Å². The SMILES string of the molecule is O=C1/C(=C/c2cccs2)SC(=S)N1c1ccc(Cl)cc1Cl. The molecule has 0 spiro atoms. The Balaban J connectivity index is 1.98. The van der Waals surface area contributed by atoms with Gasteiger partial charge in [-0.2, -0.15) is 0 Å². The van der Waals surface area contributed by atoms with Gasteiger partial charge in [0.05, 0.1) is 15.6 Å². The summed E-state index contributed by atoms with van der Waals surface area (Å²) in [5.41, 5.74) is 0.554. The van der Waals surface area contributed by atoms with Crippen molar-refractivity contribution in [3.8, 4) is 0 Å². The summed E-state index contributed by atoms with van der Waals surface area (Å²) in [6, 6.07) is 8.87. The Kier molecular flexibility index (Phi) is 4.38. The summed E-state index contributed by atoms with van der Waals surface area (Å²) >= 11 is 20.2. The van der Waals surface area contributed by atoms with Crippen LogP contribution in [0.3, 0.4) is 0 Å². The lowest BCUT2D eigenvalue weighted by Crippen LogP contribution is -2.27. The van der Waals surface area contributed by atoms with Gasteiger partial charge in [-0.15, -0.1) is 11.3 Å². The summed E-state index contributed by atoms with van der Waals surface area (Å²) in [5.74, 6) is -0.164. The molecular weight excluding hydrogens is 365 g/mol. The van der Waals surface area contributed by atoms with E-state index in [1.807, 2.05) is 23.6 Å². The van der Waals surface area contributed by atoms with Crippen molar-refractivity contribution in [1.82, 2.24) is 0 Å². The third-order valence-electron chi connectivity index (χ3n) is 2.76. The zero-order valence-corrected chi connectivity index (χ0v) is 14.3. The minimum atomic E-state index is -0.164. The van der Waals surface area contributed by atoms with Crippen LogP contribution in [-0.4, -0.2) is 10.2 Å². The Morgan fingerprint density at radius 3 is 2.71 bits per heavy atom. The number of nitrogens with zero attached hydrogens (tertiary/aromatic N) is 1. The molecule has 0 aliphatic carbocycles. The Labute approximate surface area is 145 Å². The lowest BCUT2D eigenvalue weighted by atomic mass is 10.3. The average molecular weight is 372 g/mol. The third kappa shape index (κ3) is 3.03. The summed E-state index contributed by atoms with van der Waals surface area (Å²) in [6.45, 7) is 0. The lowest BCUT2D eigenvalue weighted by Gasteiger charge is -2.16. The second kappa shape index (κ2) is 6.10. The topological polar surface area (TPSA) is 20.3 Å². The van der Waals surface area contributed by atoms with Crippen molar-refractivity contribution in [2.75, 3.05) is 4.90 Å². The number of carbonyl (C=O) groups is 1. The molecule has 2 aromatic rings. The number of halogens is 2. The number of hydrogen-bond donors (Lipinski definition) is 0. The summed E-state index contributed by atoms with van der Waals surface area (Å²) < 4.78 is 0.465. The van der Waals surface area contributed by atoms with E-state index in [-0.39, 0.29) is 5.91 Å². The van der Waals surface area contributed by atoms with Gasteiger partial charge in [0.1, 0.15) is 0 Å². The molecule has 0 N–H and O–H groups in total. The Morgan fingerprint density at radius 2 is 2.05 bits per heavy atom. The van der Waals surface area contributed by atoms with Crippen LogP contribution in [0.15, 0.2) is 40.6 Å². The van der Waals surface area contributed by atoms with Crippen LogP contribution in [0, 0.1) is 0 Å². The molecule has 0 bridgehead atoms. The lowest BCUT2D eigenvalue weighted by molar-refractivity contribution is -0.113. The number of thiocarbonyl (C=S) groups is 1. The maximum Gasteiger partial charge on any atom is 0.270 e. The molecule has 1 aromatic heterocycles. The first-order valence-corrected chi connectivity index (χ1v) is 8.69. The van der Waals surface area contributed by atoms with Gasteiger partial charge in [-0.25, -0.2) is 0 Å². The Morgan fingerprint density at radius 1 is 1.24 bits per heavy atom. The monoisotopic (exact) mass is 371 g/mol. The molecule has 0 radical (unpaired) electrons. The molecule has 1 aliphatic heterocycles. The average Bonchev–Trinajstić information content (AvgIpc) is 3.02. The smallest absolute Gasteiger partial charge is 0.268 e. The second-order valence-electron chi connectivity index (χ2n) is 4.13. The fourth-order valence-electron chi connectivity index (χ4n) is 1.84. The van der Waals surface area contributed by atoms with Crippen molar-refractivity contribution < 1.29 is 4.79 Å². The number of thiophene rings is 1. The molecule has 1 aliphatic rings. The molecule has 2 heterocycles. The molecule has 7 heteroatoms. The van der Waals surface area contributed by atoms with Crippen LogP contribution in [0.1, 0.15) is 4.88 Å². The first kappa shape index (κ1) is 15.1. The Hall–Kier alpha value is -0.850. The largest absolute Gasteiger partial charge is 0.270 e. The number of carbonyl (C=O) groups excluding carboxylic acids is 1. The van der Waals surface area contributed by atoms with Gasteiger partial charge in [0.25, 0.3) is 5.91 Å². The first-order chi connectivity index (χ1) is 10.1. The maximum atomic E-state index is 12.5. The molecule has 2 nitrogen and oxygen atoms in total. The van der Waals surface area contributed by atoms with Crippen molar-refractivity contribution in [3.63, 3.8) is 0 Å². The third-order valence-corrected chi connectivity index (χ3v) is 5.42. The predicted molar refractivity (Wildman–Crippen MR) is 96.4 cm³/mol. The maximum absolute atomic E-state index is 12.5. The zero-order valence-electron chi connectivity index (χ0n) is 10.4. The molecule has 3 rings (SSSR count). The standard InChI is InChI=1S/C14H7Cl2NOS3/c15-8-3-4-11(10(16)6-8)17-13(18)12(21-14(17)19)7-9-2-1-5-20-9/h1-7H/b12-7-. The van der Waals surface area contributed by atoms with Crippen LogP contribution < -0.4 is 4.90 Å². The molecule has 106 valence electrons. The van der Waals surface area contributed by atoms with Gasteiger partial charge in [-0.1, -0.05) is 53.2 Å². The molecular formula is C14H7Cl2NOS3. The quantitative estimate of drug-likeness (QED) is 0.516. The van der Waals surface area contributed by atoms with E-state index in [0.717, 1.165) is 4.88 Å². The Bertz CT molecular complexity index is 756. The van der Waals surface area contributed by atoms with Crippen molar-refractivity contribution in [3.05, 3.63) is 55.5 Å². The number of amides is 1. The van der Waals surface area contributed by atoms with E-state index in [1.54, 1.807) is 29.5 Å². The van der Waals surface area contributed by atoms with Crippen LogP contribution in [0.2, 0.25) is 10.0 Å². The minimum Gasteiger partial charge on any atom is -0.268 e. The molecule has 0 unspecified atom stereocenters. The molecule has 0 atom stereocenters. The number of benzene rings is 1. The number of anilines is 1. The molecule has 0 saturated carbocycles. The highest BCUT2D eigenvalue weighted by Crippen LogP contribution is 2.39. The molecule has 1 fully saturated rings. The van der Waals surface area contributed by atoms with Gasteiger partial charge in [-0.05, 0) is 35.7 Å². The van der Waals surface area contributed by atoms with Crippen molar-refractivity contribution in [1.29, 1.82) is 0 Å². The minimum absolute atomic E-state index is 0.164. The summed E-state index contributed by atoms with van der Waals surface area (Å²) in [4.78, 5) is 15.6. The van der Waals surface area contributed by atoms with Gasteiger partial charge >= 0.3 is 0 Å². The zero-order chi connectivity index (χ0) is 15.0. The van der Waals surface area contributed by atoms with Crippen LogP contribution in [0.25, 0.3) is 6.08 Å². The summed E-state index contributed by atoms with van der Waals surface area (Å²) in [7, 11) is 0. The van der Waals surface area contributed by atoms with Crippen molar-refractivity contribution in [2.45, 2.75) is 0 Å². The fourth-order valence-corrected chi connectivity index (χ4v) is 4.34. The highest BCUT2D eigenvalue weighted by Gasteiger charge is 2.34. The van der Waals surface area contributed by atoms with E-state index in [1.165, 1.54) is 16.7 Å². The second-order valence-corrected chi connectivity index (χ2v) is 7.63. The highest BCUT2D eigenvalue weighted by atomic mass is 35.5. The number of hydrogen-bond acceptors (Lipinski definition) is 4. The van der Waals surface area contributed by atoms with Gasteiger partial charge in [0.15, 0.2) is 4.32 Å². The van der Waals surface area contributed by atoms with Gasteiger partial charge in [0, 0.05) is 9.90 Å². The number of thioether (sulfide) groups is 1. The van der Waals surface area contributed by atoms with Crippen LogP contribution in [0.5, 0.6) is 0 Å². The van der Waals surface area contributed by atoms with Gasteiger partial charge < -0.3 is 0 Å². The first-order valence-electron chi connectivity index (χ1n) is 5.83. The van der Waals surface area contributed by atoms with Crippen LogP contribution >= 0.6 is 58.5 Å². The van der Waals surface area contributed by atoms with E-state index in [2.05, 4.69) is 0 Å². The van der Waals surface area contributed by atoms with Crippen molar-refractivity contribution in [2.24, 2.45) is 0 Å². The fraction of sp³-hybridized carbons (Fsp3) is 0. The molecule has 1 saturated heterocycles. The van der Waals surface area contributed by atoms with E-state index < -0.39 is 0 Å². The van der Waals surface area contributed by atoms with E-state index in [0.29, 0.717) is 25.0 Å². The highest BCUT2D eigenvalue weighted by molar-refractivity contribution is 8.27. The number of rotatable bonds is 2. The van der Waals surface area contributed by atoms with E-state index in [9.17, 15) is 4.79 Å². The summed E-state index contributed by atoms with van der Waals surface area (Å²) in [6.07, 6.45) is 1.84. The molecule has 1 aromatic carbocycles. The summed E-state index contributed by atoms with van der Waals surface area (Å²) in [5, 5.41) is 2.88. The van der Waals surface area contributed by atoms with Gasteiger partial charge in [0.2, 0.25) is 0 Å². The van der Waals surface area contributed by atoms with E-state index in [4.69, 9.17) is 35.4 Å². The predicted octanol–water partition coefficient (Wildman–Crippen LogP) is 5.46. The molecule has 21 heavy (non-hydrogen) atoms. The molecule has 1 amide bonds.